The van der Waals surface area contributed by atoms with E-state index in [9.17, 15) is 13.6 Å². The molecule has 0 aliphatic carbocycles. The Balaban J connectivity index is 2.89. The molecule has 0 aliphatic heterocycles. The number of aldehydes is 1. The molecule has 0 heterocycles. The second kappa shape index (κ2) is 3.18. The van der Waals surface area contributed by atoms with Gasteiger partial charge in [0.2, 0.25) is 0 Å². The molecule has 2 rings (SSSR count). The number of halogens is 2. The Kier molecular flexibility index (Phi) is 2.00. The molecule has 0 saturated heterocycles. The highest BCUT2D eigenvalue weighted by atomic mass is 19.1. The van der Waals surface area contributed by atoms with Gasteiger partial charge in [-0.1, -0.05) is 12.1 Å². The van der Waals surface area contributed by atoms with Crippen LogP contribution in [0, 0.1) is 11.6 Å². The third-order valence-corrected chi connectivity index (χ3v) is 2.04. The molecule has 0 amide bonds. The van der Waals surface area contributed by atoms with Crippen LogP contribution in [-0.4, -0.2) is 6.29 Å². The third-order valence-electron chi connectivity index (χ3n) is 2.04. The summed E-state index contributed by atoms with van der Waals surface area (Å²) in [6.45, 7) is 0. The lowest BCUT2D eigenvalue weighted by Crippen LogP contribution is -1.88. The van der Waals surface area contributed by atoms with E-state index in [4.69, 9.17) is 0 Å². The predicted molar refractivity (Wildman–Crippen MR) is 49.3 cm³/mol. The van der Waals surface area contributed by atoms with Gasteiger partial charge in [0, 0.05) is 5.56 Å². The van der Waals surface area contributed by atoms with E-state index in [0.29, 0.717) is 11.7 Å². The second-order valence-corrected chi connectivity index (χ2v) is 2.96. The molecule has 2 aromatic rings. The van der Waals surface area contributed by atoms with Crippen molar-refractivity contribution in [3.05, 3.63) is 47.5 Å². The van der Waals surface area contributed by atoms with E-state index in [1.54, 1.807) is 6.07 Å². The topological polar surface area (TPSA) is 17.1 Å². The minimum Gasteiger partial charge on any atom is -0.298 e. The van der Waals surface area contributed by atoms with Gasteiger partial charge in [-0.15, -0.1) is 0 Å². The van der Waals surface area contributed by atoms with Crippen LogP contribution < -0.4 is 0 Å². The fraction of sp³-hybridized carbons (Fsp3) is 0. The van der Waals surface area contributed by atoms with Crippen molar-refractivity contribution >= 4 is 17.1 Å². The van der Waals surface area contributed by atoms with Crippen LogP contribution in [0.3, 0.4) is 0 Å². The molecule has 0 N–H and O–H groups in total. The molecule has 0 fully saturated rings. The zero-order chi connectivity index (χ0) is 10.1. The van der Waals surface area contributed by atoms with Gasteiger partial charge in [-0.05, 0) is 23.6 Å². The van der Waals surface area contributed by atoms with Crippen molar-refractivity contribution < 1.29 is 13.6 Å². The van der Waals surface area contributed by atoms with Crippen LogP contribution in [0.1, 0.15) is 10.4 Å². The summed E-state index contributed by atoms with van der Waals surface area (Å²) in [4.78, 5) is 10.4. The van der Waals surface area contributed by atoms with E-state index in [1.807, 2.05) is 0 Å². The Morgan fingerprint density at radius 3 is 2.57 bits per heavy atom. The fourth-order valence-corrected chi connectivity index (χ4v) is 1.42. The van der Waals surface area contributed by atoms with Crippen molar-refractivity contribution in [1.29, 1.82) is 0 Å². The van der Waals surface area contributed by atoms with Gasteiger partial charge in [0.15, 0.2) is 0 Å². The highest BCUT2D eigenvalue weighted by Crippen LogP contribution is 2.22. The number of rotatable bonds is 1. The second-order valence-electron chi connectivity index (χ2n) is 2.96. The van der Waals surface area contributed by atoms with Crippen molar-refractivity contribution in [1.82, 2.24) is 0 Å². The molecule has 0 aromatic heterocycles. The number of carbonyl (C=O) groups excluding carboxylic acids is 1. The van der Waals surface area contributed by atoms with Gasteiger partial charge in [0.05, 0.1) is 5.39 Å². The lowest BCUT2D eigenvalue weighted by atomic mass is 10.1. The summed E-state index contributed by atoms with van der Waals surface area (Å²) >= 11 is 0. The summed E-state index contributed by atoms with van der Waals surface area (Å²) in [7, 11) is 0. The SMILES string of the molecule is O=Cc1cc(F)c2c(F)cccc2c1. The van der Waals surface area contributed by atoms with E-state index >= 15 is 0 Å². The van der Waals surface area contributed by atoms with Gasteiger partial charge < -0.3 is 0 Å². The van der Waals surface area contributed by atoms with E-state index in [0.717, 1.165) is 6.07 Å². The Morgan fingerprint density at radius 1 is 1.07 bits per heavy atom. The van der Waals surface area contributed by atoms with Gasteiger partial charge in [-0.2, -0.15) is 0 Å². The van der Waals surface area contributed by atoms with Gasteiger partial charge in [-0.25, -0.2) is 8.78 Å². The summed E-state index contributed by atoms with van der Waals surface area (Å²) in [5.74, 6) is -1.32. The molecule has 1 nitrogen and oxygen atoms in total. The summed E-state index contributed by atoms with van der Waals surface area (Å²) in [5.41, 5.74) is 0.209. The zero-order valence-electron chi connectivity index (χ0n) is 7.13. The van der Waals surface area contributed by atoms with Crippen LogP contribution in [0.2, 0.25) is 0 Å². The van der Waals surface area contributed by atoms with Crippen LogP contribution in [-0.2, 0) is 0 Å². The molecule has 3 heteroatoms. The quantitative estimate of drug-likeness (QED) is 0.635. The van der Waals surface area contributed by atoms with Crippen LogP contribution >= 0.6 is 0 Å². The molecule has 0 spiro atoms. The molecule has 0 saturated carbocycles. The first-order valence-electron chi connectivity index (χ1n) is 4.05. The molecule has 14 heavy (non-hydrogen) atoms. The monoisotopic (exact) mass is 192 g/mol. The van der Waals surface area contributed by atoms with E-state index in [-0.39, 0.29) is 10.9 Å². The van der Waals surface area contributed by atoms with Crippen LogP contribution in [0.5, 0.6) is 0 Å². The minimum absolute atomic E-state index is 0.0712. The highest BCUT2D eigenvalue weighted by Gasteiger charge is 2.07. The molecule has 0 aliphatic rings. The van der Waals surface area contributed by atoms with Crippen molar-refractivity contribution in [2.75, 3.05) is 0 Å². The van der Waals surface area contributed by atoms with Gasteiger partial charge in [0.1, 0.15) is 17.9 Å². The molecule has 0 radical (unpaired) electrons. The number of benzene rings is 2. The molecule has 70 valence electrons. The van der Waals surface area contributed by atoms with Crippen molar-refractivity contribution in [3.8, 4) is 0 Å². The van der Waals surface area contributed by atoms with Crippen molar-refractivity contribution in [2.24, 2.45) is 0 Å². The first-order chi connectivity index (χ1) is 6.72. The van der Waals surface area contributed by atoms with Crippen LogP contribution in [0.15, 0.2) is 30.3 Å². The number of hydrogen-bond donors (Lipinski definition) is 0. The van der Waals surface area contributed by atoms with Gasteiger partial charge in [-0.3, -0.25) is 4.79 Å². The minimum atomic E-state index is -0.706. The van der Waals surface area contributed by atoms with E-state index < -0.39 is 11.6 Å². The molecule has 0 bridgehead atoms. The summed E-state index contributed by atoms with van der Waals surface area (Å²) < 4.78 is 26.5. The van der Waals surface area contributed by atoms with E-state index in [2.05, 4.69) is 0 Å². The summed E-state index contributed by atoms with van der Waals surface area (Å²) in [6.07, 6.45) is 0.535. The zero-order valence-corrected chi connectivity index (χ0v) is 7.13. The lowest BCUT2D eigenvalue weighted by Gasteiger charge is -2.01. The first kappa shape index (κ1) is 8.81. The Hall–Kier alpha value is -1.77. The Morgan fingerprint density at radius 2 is 1.86 bits per heavy atom. The van der Waals surface area contributed by atoms with Crippen molar-refractivity contribution in [3.63, 3.8) is 0 Å². The highest BCUT2D eigenvalue weighted by molar-refractivity contribution is 5.89. The molecular formula is C11H6F2O. The van der Waals surface area contributed by atoms with Gasteiger partial charge >= 0.3 is 0 Å². The molecule has 2 aromatic carbocycles. The average molecular weight is 192 g/mol. The molecule has 0 atom stereocenters. The standard InChI is InChI=1S/C11H6F2O/c12-9-3-1-2-8-4-7(6-14)5-10(13)11(8)9/h1-6H. The lowest BCUT2D eigenvalue weighted by molar-refractivity contribution is 0.112. The summed E-state index contributed by atoms with van der Waals surface area (Å²) in [6, 6.07) is 6.71. The number of fused-ring (bicyclic) bond motifs is 1. The predicted octanol–water partition coefficient (Wildman–Crippen LogP) is 2.93. The third kappa shape index (κ3) is 1.27. The van der Waals surface area contributed by atoms with E-state index in [1.165, 1.54) is 18.2 Å². The Labute approximate surface area is 79.0 Å². The van der Waals surface area contributed by atoms with Crippen molar-refractivity contribution in [2.45, 2.75) is 0 Å². The normalized spacial score (nSPS) is 10.4. The maximum atomic E-state index is 13.3. The fourth-order valence-electron chi connectivity index (χ4n) is 1.42. The van der Waals surface area contributed by atoms with Gasteiger partial charge in [0.25, 0.3) is 0 Å². The largest absolute Gasteiger partial charge is 0.298 e. The number of hydrogen-bond acceptors (Lipinski definition) is 1. The first-order valence-corrected chi connectivity index (χ1v) is 4.05. The Bertz CT molecular complexity index is 506. The smallest absolute Gasteiger partial charge is 0.150 e. The maximum absolute atomic E-state index is 13.3. The number of carbonyl (C=O) groups is 1. The summed E-state index contributed by atoms with van der Waals surface area (Å²) in [5, 5.41) is 0.324. The maximum Gasteiger partial charge on any atom is 0.150 e. The van der Waals surface area contributed by atoms with Crippen LogP contribution in [0.4, 0.5) is 8.78 Å². The van der Waals surface area contributed by atoms with Crippen LogP contribution in [0.25, 0.3) is 10.8 Å². The molecular weight excluding hydrogens is 186 g/mol. The molecule has 0 unspecified atom stereocenters. The average Bonchev–Trinajstić information content (AvgIpc) is 2.17.